The average Bonchev–Trinajstić information content (AvgIpc) is 1.19. The molecule has 20 aromatic rings. The molecule has 2 aromatic heterocycles. The number of rotatable bonds is 9. The summed E-state index contributed by atoms with van der Waals surface area (Å²) in [6, 6.07) is 131. The number of fused-ring (bicyclic) bond motifs is 14. The Labute approximate surface area is 608 Å². The highest BCUT2D eigenvalue weighted by Gasteiger charge is 2.22. The number of halogens is 1. The van der Waals surface area contributed by atoms with Crippen molar-refractivity contribution >= 4 is 151 Å². The lowest BCUT2D eigenvalue weighted by Crippen LogP contribution is -1.99. The molecule has 0 aliphatic rings. The third-order valence-corrected chi connectivity index (χ3v) is 22.7. The van der Waals surface area contributed by atoms with Gasteiger partial charge in [0.05, 0.1) is 4.70 Å². The normalized spacial score (nSPS) is 11.4. The maximum atomic E-state index is 8.98. The first-order chi connectivity index (χ1) is 50.5. The first kappa shape index (κ1) is 62.5. The Morgan fingerprint density at radius 2 is 0.578 bits per heavy atom. The molecular formula is C96H61BBrO2S2. The van der Waals surface area contributed by atoms with Crippen molar-refractivity contribution < 1.29 is 9.68 Å². The van der Waals surface area contributed by atoms with Gasteiger partial charge in [-0.05, 0) is 192 Å². The lowest BCUT2D eigenvalue weighted by Gasteiger charge is -2.19. The van der Waals surface area contributed by atoms with Crippen molar-refractivity contribution in [2.75, 3.05) is 0 Å². The van der Waals surface area contributed by atoms with Crippen LogP contribution in [0.3, 0.4) is 0 Å². The molecule has 102 heavy (non-hydrogen) atoms. The summed E-state index contributed by atoms with van der Waals surface area (Å²) >= 11 is 7.22. The van der Waals surface area contributed by atoms with Crippen molar-refractivity contribution in [2.24, 2.45) is 0 Å². The summed E-state index contributed by atoms with van der Waals surface area (Å²) in [4.78, 5) is 0. The second kappa shape index (κ2) is 27.1. The Balaban J connectivity index is 0.000000121. The van der Waals surface area contributed by atoms with Crippen LogP contribution in [0.1, 0.15) is 0 Å². The molecule has 0 unspecified atom stereocenters. The molecule has 0 aliphatic heterocycles. The van der Waals surface area contributed by atoms with Crippen LogP contribution in [-0.2, 0) is 0 Å². The first-order valence-electron chi connectivity index (χ1n) is 34.3. The van der Waals surface area contributed by atoms with Gasteiger partial charge >= 0.3 is 7.69 Å². The van der Waals surface area contributed by atoms with Crippen LogP contribution in [0.2, 0.25) is 0 Å². The van der Waals surface area contributed by atoms with Crippen LogP contribution >= 0.6 is 38.6 Å². The Morgan fingerprint density at radius 3 is 1.04 bits per heavy atom. The van der Waals surface area contributed by atoms with E-state index in [0.717, 1.165) is 22.2 Å². The summed E-state index contributed by atoms with van der Waals surface area (Å²) < 4.78 is 11.4. The van der Waals surface area contributed by atoms with Gasteiger partial charge in [-0.15, -0.1) is 22.7 Å². The maximum absolute atomic E-state index is 8.98. The fourth-order valence-corrected chi connectivity index (χ4v) is 18.2. The zero-order valence-electron chi connectivity index (χ0n) is 55.3. The largest absolute Gasteiger partial charge is 0.569 e. The molecule has 0 aliphatic carbocycles. The number of benzene rings is 18. The van der Waals surface area contributed by atoms with E-state index in [1.54, 1.807) is 11.3 Å². The second-order valence-electron chi connectivity index (χ2n) is 25.7. The van der Waals surface area contributed by atoms with Gasteiger partial charge in [-0.1, -0.05) is 325 Å². The fraction of sp³-hybridized carbons (Fsp3) is 0. The summed E-state index contributed by atoms with van der Waals surface area (Å²) in [6.45, 7) is 0. The summed E-state index contributed by atoms with van der Waals surface area (Å²) in [6.07, 6.45) is 0. The predicted octanol–water partition coefficient (Wildman–Crippen LogP) is 28.1. The molecule has 2 heterocycles. The zero-order chi connectivity index (χ0) is 68.0. The maximum Gasteiger partial charge on any atom is 0.569 e. The van der Waals surface area contributed by atoms with E-state index in [2.05, 4.69) is 356 Å². The van der Waals surface area contributed by atoms with Gasteiger partial charge in [-0.25, -0.2) is 0 Å². The molecular weight excluding hydrogens is 1340 g/mol. The van der Waals surface area contributed by atoms with Crippen molar-refractivity contribution in [3.05, 3.63) is 368 Å². The molecule has 1 radical (unpaired) electrons. The minimum atomic E-state index is 0.697. The molecule has 0 amide bonds. The van der Waals surface area contributed by atoms with Crippen LogP contribution in [0, 0.1) is 0 Å². The summed E-state index contributed by atoms with van der Waals surface area (Å²) in [5.41, 5.74) is 17.5. The van der Waals surface area contributed by atoms with Crippen LogP contribution in [0.4, 0.5) is 0 Å². The van der Waals surface area contributed by atoms with Gasteiger partial charge in [0.2, 0.25) is 0 Å². The monoisotopic (exact) mass is 1400 g/mol. The average molecular weight is 1400 g/mol. The Morgan fingerprint density at radius 1 is 0.245 bits per heavy atom. The topological polar surface area (TPSA) is 29.5 Å². The minimum absolute atomic E-state index is 0.697. The van der Waals surface area contributed by atoms with Crippen LogP contribution in [0.25, 0.3) is 183 Å². The predicted molar refractivity (Wildman–Crippen MR) is 444 cm³/mol. The van der Waals surface area contributed by atoms with Crippen LogP contribution in [0.15, 0.2) is 368 Å². The Kier molecular flexibility index (Phi) is 16.6. The lowest BCUT2D eigenvalue weighted by atomic mass is 9.84. The molecule has 0 saturated heterocycles. The van der Waals surface area contributed by atoms with Crippen LogP contribution in [-0.4, -0.2) is 12.7 Å². The van der Waals surface area contributed by atoms with E-state index in [0.29, 0.717) is 5.75 Å². The fourth-order valence-electron chi connectivity index (χ4n) is 15.4. The van der Waals surface area contributed by atoms with Crippen LogP contribution in [0.5, 0.6) is 5.75 Å². The molecule has 1 N–H and O–H groups in total. The van der Waals surface area contributed by atoms with Crippen molar-refractivity contribution in [2.45, 2.75) is 0 Å². The number of thiophene rings is 2. The third-order valence-electron chi connectivity index (χ3n) is 19.8. The summed E-state index contributed by atoms with van der Waals surface area (Å²) in [7, 11) is 0.744. The van der Waals surface area contributed by atoms with Gasteiger partial charge in [0.25, 0.3) is 0 Å². The lowest BCUT2D eigenvalue weighted by molar-refractivity contribution is 0.457. The summed E-state index contributed by atoms with van der Waals surface area (Å²) in [5.74, 6) is 0.697. The Hall–Kier alpha value is -11.7. The summed E-state index contributed by atoms with van der Waals surface area (Å²) in [5, 5.41) is 29.2. The highest BCUT2D eigenvalue weighted by Crippen LogP contribution is 2.50. The molecule has 2 nitrogen and oxygen atoms in total. The standard InChI is InChI=1S/C48H30S.C32H21Br.C16H10BO2S/c1-3-14-31(15-4-1)45-38-22-9-10-23-39(38)46(32-16-5-2-6-17-32)43-29-34(26-27-40(43)45)33-19-13-20-35(28-33)42-30-36-18-7-8-21-37(36)47-41-24-11-12-25-44(41)49-48(42)47;33-26-15-9-14-24(20-26)25-18-19-29-30(21-25)32(23-12-5-2-6-13-23)28-17-8-7-16-27(28)31(29)22-10-3-1-4-11-22;18-17-19-13-9-10-5-1-2-6-11(10)15-12-7-3-4-8-14(12)20-16(13)15/h1-30H;1-21H;1-9,18H. The van der Waals surface area contributed by atoms with E-state index < -0.39 is 0 Å². The molecule has 18 aromatic carbocycles. The highest BCUT2D eigenvalue weighted by atomic mass is 79.9. The van der Waals surface area contributed by atoms with Gasteiger partial charge in [-0.3, -0.25) is 0 Å². The molecule has 0 spiro atoms. The Bertz CT molecular complexity index is 6590. The quantitative estimate of drug-likeness (QED) is 0.115. The third kappa shape index (κ3) is 11.4. The van der Waals surface area contributed by atoms with Gasteiger partial charge < -0.3 is 9.68 Å². The highest BCUT2D eigenvalue weighted by molar-refractivity contribution is 9.10. The first-order valence-corrected chi connectivity index (χ1v) is 36.8. The van der Waals surface area contributed by atoms with Gasteiger partial charge in [0, 0.05) is 45.7 Å². The number of hydrogen-bond acceptors (Lipinski definition) is 4. The molecule has 0 atom stereocenters. The second-order valence-corrected chi connectivity index (χ2v) is 28.8. The van der Waals surface area contributed by atoms with Crippen LogP contribution < -0.4 is 4.65 Å². The van der Waals surface area contributed by atoms with E-state index >= 15 is 0 Å². The van der Waals surface area contributed by atoms with Gasteiger partial charge in [0.15, 0.2) is 0 Å². The van der Waals surface area contributed by atoms with E-state index in [9.17, 15) is 0 Å². The smallest absolute Gasteiger partial charge is 0.536 e. The molecule has 6 heteroatoms. The van der Waals surface area contributed by atoms with Crippen molar-refractivity contribution in [1.82, 2.24) is 0 Å². The molecule has 479 valence electrons. The molecule has 0 bridgehead atoms. The molecule has 0 saturated carbocycles. The van der Waals surface area contributed by atoms with E-state index in [1.807, 2.05) is 35.6 Å². The SMILES string of the molecule is Brc1cccc(-c2ccc3c(-c4ccccc4)c4ccccc4c(-c4ccccc4)c3c2)c1.O[B]Oc1cc2ccccc2c2c1sc1ccccc12.c1ccc(-c2c3ccccc3c(-c3ccccc3)c3cc(-c4cccc(-c5cc6ccccc6c6c5sc5ccccc56)c4)ccc23)cc1. The zero-order valence-corrected chi connectivity index (χ0v) is 58.5. The number of hydrogen-bond donors (Lipinski definition) is 1. The molecule has 20 rings (SSSR count). The van der Waals surface area contributed by atoms with Gasteiger partial charge in [0.1, 0.15) is 5.75 Å². The minimum Gasteiger partial charge on any atom is -0.536 e. The van der Waals surface area contributed by atoms with Crippen molar-refractivity contribution in [3.8, 4) is 83.6 Å². The van der Waals surface area contributed by atoms with E-state index in [1.165, 1.54) is 173 Å². The van der Waals surface area contributed by atoms with Crippen molar-refractivity contribution in [1.29, 1.82) is 0 Å². The molecule has 0 fully saturated rings. The van der Waals surface area contributed by atoms with E-state index in [4.69, 9.17) is 9.68 Å². The van der Waals surface area contributed by atoms with Gasteiger partial charge in [-0.2, -0.15) is 0 Å². The van der Waals surface area contributed by atoms with E-state index in [-0.39, 0.29) is 0 Å². The van der Waals surface area contributed by atoms with Crippen molar-refractivity contribution in [3.63, 3.8) is 0 Å².